The Labute approximate surface area is 170 Å². The first-order chi connectivity index (χ1) is 14.2. The van der Waals surface area contributed by atoms with Crippen LogP contribution in [0.5, 0.6) is 0 Å². The fourth-order valence-electron chi connectivity index (χ4n) is 3.51. The number of pyridine rings is 1. The van der Waals surface area contributed by atoms with E-state index in [1.807, 2.05) is 48.5 Å². The Morgan fingerprint density at radius 1 is 1.00 bits per heavy atom. The molecule has 148 valence electrons. The summed E-state index contributed by atoms with van der Waals surface area (Å²) in [5, 5.41) is 16.6. The third kappa shape index (κ3) is 4.78. The molecule has 1 aromatic carbocycles. The third-order valence-electron chi connectivity index (χ3n) is 5.17. The fourth-order valence-corrected chi connectivity index (χ4v) is 3.51. The van der Waals surface area contributed by atoms with Gasteiger partial charge in [-0.2, -0.15) is 4.98 Å². The quantitative estimate of drug-likeness (QED) is 0.571. The van der Waals surface area contributed by atoms with E-state index in [4.69, 9.17) is 4.98 Å². The summed E-state index contributed by atoms with van der Waals surface area (Å²) in [6.07, 6.45) is 8.64. The van der Waals surface area contributed by atoms with Gasteiger partial charge in [0.05, 0.1) is 17.4 Å². The van der Waals surface area contributed by atoms with E-state index < -0.39 is 0 Å². The molecular weight excluding hydrogens is 362 g/mol. The van der Waals surface area contributed by atoms with Gasteiger partial charge in [-0.15, -0.1) is 0 Å². The van der Waals surface area contributed by atoms with Crippen LogP contribution < -0.4 is 10.6 Å². The number of benzene rings is 1. The normalized spacial score (nSPS) is 18.8. The van der Waals surface area contributed by atoms with Gasteiger partial charge < -0.3 is 15.7 Å². The molecule has 0 bridgehead atoms. The van der Waals surface area contributed by atoms with Crippen molar-refractivity contribution in [3.63, 3.8) is 0 Å². The first kappa shape index (κ1) is 19.1. The number of aliphatic hydroxyl groups is 1. The lowest BCUT2D eigenvalue weighted by Crippen LogP contribution is -2.29. The summed E-state index contributed by atoms with van der Waals surface area (Å²) in [6, 6.07) is 14.0. The van der Waals surface area contributed by atoms with E-state index in [-0.39, 0.29) is 12.1 Å². The SMILES string of the molecule is C=Cc1ccc(Nc2ncc(-c3ccccn3)c(N[C@H]3CC[C@H](O)CC3)n2)cc1. The monoisotopic (exact) mass is 387 g/mol. The second-order valence-electron chi connectivity index (χ2n) is 7.27. The van der Waals surface area contributed by atoms with Gasteiger partial charge in [0.15, 0.2) is 0 Å². The molecule has 2 heterocycles. The lowest BCUT2D eigenvalue weighted by Gasteiger charge is -2.27. The molecule has 0 spiro atoms. The molecule has 2 aromatic heterocycles. The van der Waals surface area contributed by atoms with Crippen LogP contribution in [-0.4, -0.2) is 32.2 Å². The zero-order valence-electron chi connectivity index (χ0n) is 16.3. The number of anilines is 3. The van der Waals surface area contributed by atoms with Crippen LogP contribution in [0.1, 0.15) is 31.2 Å². The predicted molar refractivity (Wildman–Crippen MR) is 117 cm³/mol. The highest BCUT2D eigenvalue weighted by Crippen LogP contribution is 2.29. The second kappa shape index (κ2) is 8.84. The van der Waals surface area contributed by atoms with E-state index in [0.29, 0.717) is 5.95 Å². The number of aliphatic hydroxyl groups excluding tert-OH is 1. The molecule has 0 unspecified atom stereocenters. The van der Waals surface area contributed by atoms with E-state index in [1.54, 1.807) is 12.4 Å². The Balaban J connectivity index is 1.61. The summed E-state index contributed by atoms with van der Waals surface area (Å²) in [5.41, 5.74) is 3.66. The molecule has 6 nitrogen and oxygen atoms in total. The van der Waals surface area contributed by atoms with Gasteiger partial charge in [0.2, 0.25) is 5.95 Å². The minimum atomic E-state index is -0.190. The van der Waals surface area contributed by atoms with E-state index >= 15 is 0 Å². The first-order valence-electron chi connectivity index (χ1n) is 9.94. The maximum Gasteiger partial charge on any atom is 0.229 e. The molecular formula is C23H25N5O. The van der Waals surface area contributed by atoms with Gasteiger partial charge in [0.1, 0.15) is 5.82 Å². The van der Waals surface area contributed by atoms with E-state index in [0.717, 1.165) is 54.0 Å². The van der Waals surface area contributed by atoms with Gasteiger partial charge in [-0.25, -0.2) is 4.98 Å². The molecule has 1 saturated carbocycles. The summed E-state index contributed by atoms with van der Waals surface area (Å²) in [5.74, 6) is 1.28. The Morgan fingerprint density at radius 2 is 1.79 bits per heavy atom. The van der Waals surface area contributed by atoms with Crippen LogP contribution in [0.25, 0.3) is 17.3 Å². The molecule has 1 fully saturated rings. The van der Waals surface area contributed by atoms with Crippen molar-refractivity contribution in [2.24, 2.45) is 0 Å². The highest BCUT2D eigenvalue weighted by molar-refractivity contribution is 5.73. The van der Waals surface area contributed by atoms with Crippen LogP contribution in [0.4, 0.5) is 17.5 Å². The smallest absolute Gasteiger partial charge is 0.229 e. The molecule has 0 amide bonds. The number of rotatable bonds is 6. The van der Waals surface area contributed by atoms with Gasteiger partial charge in [-0.1, -0.05) is 30.9 Å². The highest BCUT2D eigenvalue weighted by Gasteiger charge is 2.21. The average molecular weight is 387 g/mol. The molecule has 1 aliphatic carbocycles. The molecule has 0 atom stereocenters. The van der Waals surface area contributed by atoms with Crippen molar-refractivity contribution < 1.29 is 5.11 Å². The molecule has 3 aromatic rings. The Kier molecular flexibility index (Phi) is 5.81. The molecule has 6 heteroatoms. The third-order valence-corrected chi connectivity index (χ3v) is 5.17. The summed E-state index contributed by atoms with van der Waals surface area (Å²) in [4.78, 5) is 13.7. The van der Waals surface area contributed by atoms with Gasteiger partial charge in [0.25, 0.3) is 0 Å². The maximum absolute atomic E-state index is 9.79. The summed E-state index contributed by atoms with van der Waals surface area (Å²) in [7, 11) is 0. The zero-order valence-corrected chi connectivity index (χ0v) is 16.3. The minimum absolute atomic E-state index is 0.190. The Hall–Kier alpha value is -3.25. The van der Waals surface area contributed by atoms with Crippen LogP contribution >= 0.6 is 0 Å². The van der Waals surface area contributed by atoms with Crippen molar-refractivity contribution in [1.29, 1.82) is 0 Å². The Morgan fingerprint density at radius 3 is 2.48 bits per heavy atom. The minimum Gasteiger partial charge on any atom is -0.393 e. The predicted octanol–water partition coefficient (Wildman–Crippen LogP) is 4.64. The van der Waals surface area contributed by atoms with Crippen LogP contribution in [0.3, 0.4) is 0 Å². The number of nitrogens with one attached hydrogen (secondary N) is 2. The van der Waals surface area contributed by atoms with Gasteiger partial charge in [-0.3, -0.25) is 4.98 Å². The lowest BCUT2D eigenvalue weighted by atomic mass is 9.93. The number of hydrogen-bond acceptors (Lipinski definition) is 6. The largest absolute Gasteiger partial charge is 0.393 e. The molecule has 1 aliphatic rings. The van der Waals surface area contributed by atoms with E-state index in [1.165, 1.54) is 0 Å². The van der Waals surface area contributed by atoms with Crippen molar-refractivity contribution in [2.75, 3.05) is 10.6 Å². The van der Waals surface area contributed by atoms with Crippen molar-refractivity contribution in [2.45, 2.75) is 37.8 Å². The summed E-state index contributed by atoms with van der Waals surface area (Å²) in [6.45, 7) is 3.78. The van der Waals surface area contributed by atoms with Crippen LogP contribution in [-0.2, 0) is 0 Å². The van der Waals surface area contributed by atoms with Crippen molar-refractivity contribution >= 4 is 23.5 Å². The lowest BCUT2D eigenvalue weighted by molar-refractivity contribution is 0.126. The van der Waals surface area contributed by atoms with Crippen molar-refractivity contribution in [1.82, 2.24) is 15.0 Å². The second-order valence-corrected chi connectivity index (χ2v) is 7.27. The van der Waals surface area contributed by atoms with Crippen molar-refractivity contribution in [3.8, 4) is 11.3 Å². The molecule has 4 rings (SSSR count). The zero-order chi connectivity index (χ0) is 20.1. The topological polar surface area (TPSA) is 83.0 Å². The van der Waals surface area contributed by atoms with Crippen LogP contribution in [0.2, 0.25) is 0 Å². The first-order valence-corrected chi connectivity index (χ1v) is 9.94. The Bertz CT molecular complexity index is 951. The standard InChI is InChI=1S/C23H25N5O/c1-2-16-6-8-18(9-7-16)27-23-25-15-20(21-5-3-4-14-24-21)22(28-23)26-17-10-12-19(29)13-11-17/h2-9,14-15,17,19,29H,1,10-13H2,(H2,25,26,27,28)/t17-,19-. The molecule has 0 radical (unpaired) electrons. The summed E-state index contributed by atoms with van der Waals surface area (Å²) < 4.78 is 0. The maximum atomic E-state index is 9.79. The van der Waals surface area contributed by atoms with Gasteiger partial charge in [-0.05, 0) is 55.5 Å². The molecule has 0 saturated heterocycles. The van der Waals surface area contributed by atoms with Gasteiger partial charge in [0, 0.05) is 24.1 Å². The highest BCUT2D eigenvalue weighted by atomic mass is 16.3. The number of aromatic nitrogens is 3. The van der Waals surface area contributed by atoms with Crippen LogP contribution in [0.15, 0.2) is 61.4 Å². The molecule has 29 heavy (non-hydrogen) atoms. The van der Waals surface area contributed by atoms with Crippen LogP contribution in [0, 0.1) is 0 Å². The van der Waals surface area contributed by atoms with Crippen molar-refractivity contribution in [3.05, 3.63) is 67.0 Å². The van der Waals surface area contributed by atoms with Gasteiger partial charge >= 0.3 is 0 Å². The molecule has 0 aliphatic heterocycles. The number of nitrogens with zero attached hydrogens (tertiary/aromatic N) is 3. The summed E-state index contributed by atoms with van der Waals surface area (Å²) >= 11 is 0. The van der Waals surface area contributed by atoms with E-state index in [2.05, 4.69) is 27.2 Å². The fraction of sp³-hybridized carbons (Fsp3) is 0.261. The molecule has 3 N–H and O–H groups in total. The van der Waals surface area contributed by atoms with E-state index in [9.17, 15) is 5.11 Å². The number of hydrogen-bond donors (Lipinski definition) is 3. The average Bonchev–Trinajstić information content (AvgIpc) is 2.77.